The molecule has 1 saturated heterocycles. The molecule has 132 valence electrons. The van der Waals surface area contributed by atoms with Gasteiger partial charge in [-0.15, -0.1) is 0 Å². The van der Waals surface area contributed by atoms with Gasteiger partial charge < -0.3 is 16.0 Å². The summed E-state index contributed by atoms with van der Waals surface area (Å²) in [6.07, 6.45) is 0.386. The minimum absolute atomic E-state index is 0.0825. The second-order valence-electron chi connectivity index (χ2n) is 6.36. The number of nitrogens with one attached hydrogen (secondary N) is 1. The van der Waals surface area contributed by atoms with Gasteiger partial charge in [-0.1, -0.05) is 53.5 Å². The molecule has 3 rings (SSSR count). The van der Waals surface area contributed by atoms with Gasteiger partial charge in [0.15, 0.2) is 0 Å². The molecule has 0 aliphatic carbocycles. The maximum Gasteiger partial charge on any atom is 0.225 e. The van der Waals surface area contributed by atoms with Crippen LogP contribution in [-0.2, 0) is 4.79 Å². The van der Waals surface area contributed by atoms with Gasteiger partial charge in [0, 0.05) is 43.0 Å². The molecular weight excluding hydrogens is 357 g/mol. The largest absolute Gasteiger partial charge is 0.326 e. The van der Waals surface area contributed by atoms with Gasteiger partial charge in [-0.05, 0) is 23.8 Å². The van der Waals surface area contributed by atoms with Crippen LogP contribution in [-0.4, -0.2) is 36.5 Å². The summed E-state index contributed by atoms with van der Waals surface area (Å²) in [6.45, 7) is 2.34. The number of hydrogen-bond donors (Lipinski definition) is 2. The number of anilines is 1. The van der Waals surface area contributed by atoms with Crippen molar-refractivity contribution in [3.05, 3.63) is 64.1 Å². The highest BCUT2D eigenvalue weighted by Crippen LogP contribution is 2.27. The lowest BCUT2D eigenvalue weighted by molar-refractivity contribution is -0.116. The van der Waals surface area contributed by atoms with Crippen LogP contribution in [0.1, 0.15) is 17.9 Å². The third kappa shape index (κ3) is 4.73. The van der Waals surface area contributed by atoms with Crippen molar-refractivity contribution in [2.75, 3.05) is 25.0 Å². The summed E-state index contributed by atoms with van der Waals surface area (Å²) in [5.41, 5.74) is 8.09. The third-order valence-electron chi connectivity index (χ3n) is 4.53. The highest BCUT2D eigenvalue weighted by atomic mass is 35.5. The second-order valence-corrected chi connectivity index (χ2v) is 7.21. The molecule has 1 aliphatic heterocycles. The molecule has 0 spiro atoms. The average molecular weight is 378 g/mol. The van der Waals surface area contributed by atoms with E-state index in [0.717, 1.165) is 13.1 Å². The molecule has 2 aromatic carbocycles. The first kappa shape index (κ1) is 18.2. The Hall–Kier alpha value is -1.59. The zero-order valence-corrected chi connectivity index (χ0v) is 15.3. The van der Waals surface area contributed by atoms with Crippen LogP contribution in [0.25, 0.3) is 0 Å². The summed E-state index contributed by atoms with van der Waals surface area (Å²) in [6, 6.07) is 15.4. The van der Waals surface area contributed by atoms with Crippen LogP contribution in [0.2, 0.25) is 10.0 Å². The molecule has 1 fully saturated rings. The first-order valence-electron chi connectivity index (χ1n) is 8.30. The highest BCUT2D eigenvalue weighted by Gasteiger charge is 2.31. The van der Waals surface area contributed by atoms with E-state index in [2.05, 4.69) is 22.3 Å². The van der Waals surface area contributed by atoms with Gasteiger partial charge in [0.1, 0.15) is 0 Å². The number of nitrogens with zero attached hydrogens (tertiary/aromatic N) is 1. The molecule has 4 nitrogen and oxygen atoms in total. The topological polar surface area (TPSA) is 58.4 Å². The monoisotopic (exact) mass is 377 g/mol. The van der Waals surface area contributed by atoms with Crippen molar-refractivity contribution in [1.29, 1.82) is 0 Å². The lowest BCUT2D eigenvalue weighted by Gasteiger charge is -2.16. The SMILES string of the molecule is N[C@@H]1CN(CCC(=O)Nc2cc(Cl)ccc2Cl)C[C@H]1c1ccccc1. The predicted octanol–water partition coefficient (Wildman–Crippen LogP) is 3.75. The Kier molecular flexibility index (Phi) is 5.97. The van der Waals surface area contributed by atoms with E-state index in [1.165, 1.54) is 5.56 Å². The van der Waals surface area contributed by atoms with E-state index in [9.17, 15) is 4.79 Å². The number of hydrogen-bond acceptors (Lipinski definition) is 3. The van der Waals surface area contributed by atoms with Crippen LogP contribution in [0, 0.1) is 0 Å². The van der Waals surface area contributed by atoms with Crippen molar-refractivity contribution >= 4 is 34.8 Å². The van der Waals surface area contributed by atoms with Gasteiger partial charge in [0.2, 0.25) is 5.91 Å². The number of halogens is 2. The lowest BCUT2D eigenvalue weighted by Crippen LogP contribution is -2.30. The predicted molar refractivity (Wildman–Crippen MR) is 103 cm³/mol. The number of nitrogens with two attached hydrogens (primary N) is 1. The Bertz CT molecular complexity index is 739. The van der Waals surface area contributed by atoms with Crippen LogP contribution in [0.15, 0.2) is 48.5 Å². The molecule has 0 radical (unpaired) electrons. The fraction of sp³-hybridized carbons (Fsp3) is 0.316. The maximum absolute atomic E-state index is 12.2. The number of amides is 1. The zero-order chi connectivity index (χ0) is 17.8. The molecular formula is C19H21Cl2N3O. The van der Waals surface area contributed by atoms with Gasteiger partial charge in [-0.3, -0.25) is 4.79 Å². The van der Waals surface area contributed by atoms with E-state index >= 15 is 0 Å². The standard InChI is InChI=1S/C19H21Cl2N3O/c20-14-6-7-16(21)18(10-14)23-19(25)8-9-24-11-15(17(22)12-24)13-4-2-1-3-5-13/h1-7,10,15,17H,8-9,11-12,22H2,(H,23,25)/t15-,17+/m0/s1. The van der Waals surface area contributed by atoms with Crippen molar-refractivity contribution in [1.82, 2.24) is 4.90 Å². The van der Waals surface area contributed by atoms with Crippen molar-refractivity contribution < 1.29 is 4.79 Å². The van der Waals surface area contributed by atoms with Crippen LogP contribution < -0.4 is 11.1 Å². The van der Waals surface area contributed by atoms with Crippen molar-refractivity contribution in [3.8, 4) is 0 Å². The van der Waals surface area contributed by atoms with Gasteiger partial charge in [-0.25, -0.2) is 0 Å². The van der Waals surface area contributed by atoms with Crippen LogP contribution >= 0.6 is 23.2 Å². The zero-order valence-electron chi connectivity index (χ0n) is 13.8. The Morgan fingerprint density at radius 2 is 1.92 bits per heavy atom. The fourth-order valence-electron chi connectivity index (χ4n) is 3.21. The summed E-state index contributed by atoms with van der Waals surface area (Å²) in [5, 5.41) is 3.83. The van der Waals surface area contributed by atoms with Crippen LogP contribution in [0.3, 0.4) is 0 Å². The molecule has 2 aromatic rings. The summed E-state index contributed by atoms with van der Waals surface area (Å²) in [7, 11) is 0. The second kappa shape index (κ2) is 8.19. The average Bonchev–Trinajstić information content (AvgIpc) is 2.98. The molecule has 0 bridgehead atoms. The molecule has 0 unspecified atom stereocenters. The Morgan fingerprint density at radius 1 is 1.16 bits per heavy atom. The normalized spacial score (nSPS) is 20.6. The number of carbonyl (C=O) groups is 1. The molecule has 25 heavy (non-hydrogen) atoms. The van der Waals surface area contributed by atoms with E-state index in [1.807, 2.05) is 18.2 Å². The molecule has 3 N–H and O–H groups in total. The maximum atomic E-state index is 12.2. The summed E-state index contributed by atoms with van der Waals surface area (Å²) in [4.78, 5) is 14.4. The quantitative estimate of drug-likeness (QED) is 0.833. The van der Waals surface area contributed by atoms with Crippen LogP contribution in [0.5, 0.6) is 0 Å². The molecule has 0 aromatic heterocycles. The Labute approximate surface area is 157 Å². The minimum Gasteiger partial charge on any atom is -0.326 e. The molecule has 1 heterocycles. The van der Waals surface area contributed by atoms with E-state index in [1.54, 1.807) is 18.2 Å². The molecule has 1 amide bonds. The first-order chi connectivity index (χ1) is 12.0. The van der Waals surface area contributed by atoms with Gasteiger partial charge >= 0.3 is 0 Å². The summed E-state index contributed by atoms with van der Waals surface area (Å²) in [5.74, 6) is 0.229. The lowest BCUT2D eigenvalue weighted by atomic mass is 9.95. The Morgan fingerprint density at radius 3 is 2.68 bits per heavy atom. The molecule has 2 atom stereocenters. The first-order valence-corrected chi connectivity index (χ1v) is 9.06. The number of carbonyl (C=O) groups excluding carboxylic acids is 1. The fourth-order valence-corrected chi connectivity index (χ4v) is 3.55. The van der Waals surface area contributed by atoms with E-state index in [-0.39, 0.29) is 11.9 Å². The van der Waals surface area contributed by atoms with Gasteiger partial charge in [-0.2, -0.15) is 0 Å². The molecule has 6 heteroatoms. The highest BCUT2D eigenvalue weighted by molar-refractivity contribution is 6.35. The van der Waals surface area contributed by atoms with E-state index in [0.29, 0.717) is 34.6 Å². The third-order valence-corrected chi connectivity index (χ3v) is 5.09. The smallest absolute Gasteiger partial charge is 0.225 e. The molecule has 1 aliphatic rings. The van der Waals surface area contributed by atoms with E-state index in [4.69, 9.17) is 28.9 Å². The number of rotatable bonds is 5. The van der Waals surface area contributed by atoms with Gasteiger partial charge in [0.05, 0.1) is 10.7 Å². The summed E-state index contributed by atoms with van der Waals surface area (Å²) < 4.78 is 0. The Balaban J connectivity index is 1.52. The number of likely N-dealkylation sites (tertiary alicyclic amines) is 1. The van der Waals surface area contributed by atoms with E-state index < -0.39 is 0 Å². The van der Waals surface area contributed by atoms with Crippen LogP contribution in [0.4, 0.5) is 5.69 Å². The summed E-state index contributed by atoms with van der Waals surface area (Å²) >= 11 is 12.0. The van der Waals surface area contributed by atoms with Gasteiger partial charge in [0.25, 0.3) is 0 Å². The minimum atomic E-state index is -0.0825. The number of benzene rings is 2. The molecule has 0 saturated carbocycles. The van der Waals surface area contributed by atoms with Crippen molar-refractivity contribution in [2.45, 2.75) is 18.4 Å². The van der Waals surface area contributed by atoms with Crippen molar-refractivity contribution in [2.24, 2.45) is 5.73 Å². The van der Waals surface area contributed by atoms with Crippen molar-refractivity contribution in [3.63, 3.8) is 0 Å².